The molecule has 100 valence electrons. The highest BCUT2D eigenvalue weighted by atomic mass is 79.9. The second-order valence-corrected chi connectivity index (χ2v) is 5.39. The van der Waals surface area contributed by atoms with Crippen LogP contribution < -0.4 is 10.5 Å². The SMILES string of the molecule is NCCc1cccc(Cl)c1OCc1cncc(Br)c1. The minimum atomic E-state index is 0.424. The van der Waals surface area contributed by atoms with Gasteiger partial charge in [0.05, 0.1) is 5.02 Å². The number of pyridine rings is 1. The lowest BCUT2D eigenvalue weighted by Crippen LogP contribution is -2.06. The lowest BCUT2D eigenvalue weighted by Gasteiger charge is -2.12. The number of ether oxygens (including phenoxy) is 1. The standard InChI is InChI=1S/C14H14BrClN2O/c15-12-6-10(7-18-8-12)9-19-14-11(4-5-17)2-1-3-13(14)16/h1-3,6-8H,4-5,9,17H2. The van der Waals surface area contributed by atoms with E-state index in [4.69, 9.17) is 22.1 Å². The normalized spacial score (nSPS) is 10.5. The zero-order valence-electron chi connectivity index (χ0n) is 10.3. The largest absolute Gasteiger partial charge is 0.487 e. The molecule has 0 aliphatic rings. The first-order valence-electron chi connectivity index (χ1n) is 5.90. The third-order valence-electron chi connectivity index (χ3n) is 2.61. The van der Waals surface area contributed by atoms with Gasteiger partial charge in [-0.15, -0.1) is 0 Å². The van der Waals surface area contributed by atoms with Crippen LogP contribution in [-0.2, 0) is 13.0 Å². The van der Waals surface area contributed by atoms with E-state index in [9.17, 15) is 0 Å². The molecule has 0 fully saturated rings. The van der Waals surface area contributed by atoms with Crippen molar-refractivity contribution in [1.82, 2.24) is 4.98 Å². The van der Waals surface area contributed by atoms with Crippen molar-refractivity contribution < 1.29 is 4.74 Å². The Labute approximate surface area is 125 Å². The Morgan fingerprint density at radius 2 is 2.16 bits per heavy atom. The number of para-hydroxylation sites is 1. The highest BCUT2D eigenvalue weighted by Crippen LogP contribution is 2.29. The fourth-order valence-electron chi connectivity index (χ4n) is 1.76. The molecular formula is C14H14BrClN2O. The third kappa shape index (κ3) is 3.93. The predicted molar refractivity (Wildman–Crippen MR) is 80.5 cm³/mol. The average molecular weight is 342 g/mol. The van der Waals surface area contributed by atoms with Gasteiger partial charge in [-0.1, -0.05) is 23.7 Å². The lowest BCUT2D eigenvalue weighted by atomic mass is 10.1. The van der Waals surface area contributed by atoms with Gasteiger partial charge >= 0.3 is 0 Å². The van der Waals surface area contributed by atoms with Crippen molar-refractivity contribution in [2.45, 2.75) is 13.0 Å². The summed E-state index contributed by atoms with van der Waals surface area (Å²) in [5.41, 5.74) is 7.60. The first-order chi connectivity index (χ1) is 9.20. The van der Waals surface area contributed by atoms with Crippen molar-refractivity contribution in [3.05, 3.63) is 57.3 Å². The molecule has 0 aliphatic carbocycles. The van der Waals surface area contributed by atoms with E-state index in [0.717, 1.165) is 22.0 Å². The van der Waals surface area contributed by atoms with Crippen molar-refractivity contribution in [3.63, 3.8) is 0 Å². The van der Waals surface area contributed by atoms with Crippen LogP contribution in [0, 0.1) is 0 Å². The summed E-state index contributed by atoms with van der Waals surface area (Å²) < 4.78 is 6.74. The molecule has 2 rings (SSSR count). The molecule has 0 saturated heterocycles. The molecule has 1 heterocycles. The Bertz CT molecular complexity index is 563. The van der Waals surface area contributed by atoms with Gasteiger partial charge in [0.2, 0.25) is 0 Å². The van der Waals surface area contributed by atoms with Crippen LogP contribution in [-0.4, -0.2) is 11.5 Å². The van der Waals surface area contributed by atoms with Gasteiger partial charge in [0, 0.05) is 22.4 Å². The van der Waals surface area contributed by atoms with E-state index < -0.39 is 0 Å². The van der Waals surface area contributed by atoms with Gasteiger partial charge in [0.15, 0.2) is 0 Å². The summed E-state index contributed by atoms with van der Waals surface area (Å²) in [7, 11) is 0. The molecule has 0 spiro atoms. The Hall–Kier alpha value is -1.10. The Kier molecular flexibility index (Phi) is 5.19. The van der Waals surface area contributed by atoms with Gasteiger partial charge < -0.3 is 10.5 Å². The summed E-state index contributed by atoms with van der Waals surface area (Å²) in [6.45, 7) is 0.989. The number of aromatic nitrogens is 1. The molecule has 0 bridgehead atoms. The maximum Gasteiger partial charge on any atom is 0.141 e. The molecule has 0 atom stereocenters. The molecule has 0 radical (unpaired) electrons. The Balaban J connectivity index is 2.14. The first kappa shape index (κ1) is 14.3. The molecule has 3 nitrogen and oxygen atoms in total. The smallest absolute Gasteiger partial charge is 0.141 e. The summed E-state index contributed by atoms with van der Waals surface area (Å²) in [6.07, 6.45) is 4.25. The molecule has 2 N–H and O–H groups in total. The zero-order valence-corrected chi connectivity index (χ0v) is 12.6. The maximum absolute atomic E-state index is 6.17. The van der Waals surface area contributed by atoms with Gasteiger partial charge in [-0.25, -0.2) is 0 Å². The number of hydrogen-bond donors (Lipinski definition) is 1. The monoisotopic (exact) mass is 340 g/mol. The number of nitrogens with two attached hydrogens (primary N) is 1. The molecule has 0 unspecified atom stereocenters. The molecule has 5 heteroatoms. The van der Waals surface area contributed by atoms with E-state index >= 15 is 0 Å². The highest BCUT2D eigenvalue weighted by Gasteiger charge is 2.08. The van der Waals surface area contributed by atoms with E-state index in [2.05, 4.69) is 20.9 Å². The number of halogens is 2. The van der Waals surface area contributed by atoms with Gasteiger partial charge in [-0.2, -0.15) is 0 Å². The third-order valence-corrected chi connectivity index (χ3v) is 3.34. The van der Waals surface area contributed by atoms with Crippen molar-refractivity contribution >= 4 is 27.5 Å². The Morgan fingerprint density at radius 3 is 2.89 bits per heavy atom. The minimum Gasteiger partial charge on any atom is -0.487 e. The second-order valence-electron chi connectivity index (χ2n) is 4.07. The summed E-state index contributed by atoms with van der Waals surface area (Å²) in [6, 6.07) is 7.66. The van der Waals surface area contributed by atoms with Gasteiger partial charge in [0.25, 0.3) is 0 Å². The highest BCUT2D eigenvalue weighted by molar-refractivity contribution is 9.10. The fraction of sp³-hybridized carbons (Fsp3) is 0.214. The van der Waals surface area contributed by atoms with Gasteiger partial charge in [-0.05, 0) is 46.6 Å². The molecule has 1 aromatic heterocycles. The molecular weight excluding hydrogens is 328 g/mol. The van der Waals surface area contributed by atoms with Crippen LogP contribution in [0.4, 0.5) is 0 Å². The molecule has 19 heavy (non-hydrogen) atoms. The summed E-state index contributed by atoms with van der Waals surface area (Å²) in [5.74, 6) is 0.703. The van der Waals surface area contributed by atoms with E-state index in [0.29, 0.717) is 23.9 Å². The molecule has 0 amide bonds. The van der Waals surface area contributed by atoms with Gasteiger partial charge in [-0.3, -0.25) is 4.98 Å². The van der Waals surface area contributed by atoms with E-state index in [1.54, 1.807) is 12.4 Å². The second kappa shape index (κ2) is 6.89. The molecule has 0 saturated carbocycles. The number of rotatable bonds is 5. The van der Waals surface area contributed by atoms with Crippen molar-refractivity contribution in [2.75, 3.05) is 6.54 Å². The van der Waals surface area contributed by atoms with E-state index in [1.165, 1.54) is 0 Å². The fourth-order valence-corrected chi connectivity index (χ4v) is 2.42. The van der Waals surface area contributed by atoms with Crippen LogP contribution in [0.2, 0.25) is 5.02 Å². The summed E-state index contributed by atoms with van der Waals surface area (Å²) in [4.78, 5) is 4.10. The van der Waals surface area contributed by atoms with Crippen molar-refractivity contribution in [1.29, 1.82) is 0 Å². The summed E-state index contributed by atoms with van der Waals surface area (Å²) >= 11 is 9.55. The maximum atomic E-state index is 6.17. The van der Waals surface area contributed by atoms with Crippen LogP contribution in [0.1, 0.15) is 11.1 Å². The van der Waals surface area contributed by atoms with Crippen LogP contribution in [0.25, 0.3) is 0 Å². The number of hydrogen-bond acceptors (Lipinski definition) is 3. The van der Waals surface area contributed by atoms with Crippen LogP contribution in [0.5, 0.6) is 5.75 Å². The Morgan fingerprint density at radius 1 is 1.32 bits per heavy atom. The molecule has 2 aromatic rings. The predicted octanol–water partition coefficient (Wildman–Crippen LogP) is 3.58. The molecule has 0 aliphatic heterocycles. The van der Waals surface area contributed by atoms with Crippen LogP contribution >= 0.6 is 27.5 Å². The quantitative estimate of drug-likeness (QED) is 0.904. The van der Waals surface area contributed by atoms with Crippen molar-refractivity contribution in [2.24, 2.45) is 5.73 Å². The topological polar surface area (TPSA) is 48.1 Å². The molecule has 1 aromatic carbocycles. The zero-order chi connectivity index (χ0) is 13.7. The summed E-state index contributed by atoms with van der Waals surface area (Å²) in [5, 5.41) is 0.605. The average Bonchev–Trinajstić information content (AvgIpc) is 2.38. The number of benzene rings is 1. The van der Waals surface area contributed by atoms with Crippen LogP contribution in [0.3, 0.4) is 0 Å². The van der Waals surface area contributed by atoms with Crippen LogP contribution in [0.15, 0.2) is 41.1 Å². The minimum absolute atomic E-state index is 0.424. The number of nitrogens with zero attached hydrogens (tertiary/aromatic N) is 1. The van der Waals surface area contributed by atoms with E-state index in [-0.39, 0.29) is 0 Å². The first-order valence-corrected chi connectivity index (χ1v) is 7.07. The van der Waals surface area contributed by atoms with E-state index in [1.807, 2.05) is 24.3 Å². The van der Waals surface area contributed by atoms with Crippen molar-refractivity contribution in [3.8, 4) is 5.75 Å². The lowest BCUT2D eigenvalue weighted by molar-refractivity contribution is 0.302. The van der Waals surface area contributed by atoms with Gasteiger partial charge in [0.1, 0.15) is 12.4 Å².